The first kappa shape index (κ1) is 19.2. The molecule has 2 atom stereocenters. The number of anilines is 1. The molecule has 0 saturated carbocycles. The number of amides is 2. The second kappa shape index (κ2) is 6.77. The minimum atomic E-state index is -0.431. The summed E-state index contributed by atoms with van der Waals surface area (Å²) in [6, 6.07) is 8.03. The molecule has 3 aliphatic heterocycles. The molecule has 3 aliphatic rings. The lowest BCUT2D eigenvalue weighted by Crippen LogP contribution is -2.61. The van der Waals surface area contributed by atoms with Gasteiger partial charge in [0.1, 0.15) is 11.5 Å². The zero-order valence-electron chi connectivity index (χ0n) is 17.9. The van der Waals surface area contributed by atoms with Crippen LogP contribution in [0.1, 0.15) is 18.9 Å². The molecule has 9 heteroatoms. The van der Waals surface area contributed by atoms with Crippen molar-refractivity contribution >= 4 is 28.5 Å². The van der Waals surface area contributed by atoms with Gasteiger partial charge in [0.2, 0.25) is 17.7 Å². The number of imidazole rings is 1. The van der Waals surface area contributed by atoms with Crippen molar-refractivity contribution in [1.29, 1.82) is 0 Å². The number of aromatic nitrogens is 3. The Labute approximate surface area is 184 Å². The van der Waals surface area contributed by atoms with Gasteiger partial charge < -0.3 is 25.3 Å². The van der Waals surface area contributed by atoms with Crippen LogP contribution >= 0.6 is 0 Å². The van der Waals surface area contributed by atoms with Crippen molar-refractivity contribution in [3.8, 4) is 17.1 Å². The van der Waals surface area contributed by atoms with E-state index in [-0.39, 0.29) is 23.8 Å². The van der Waals surface area contributed by atoms with Gasteiger partial charge in [-0.15, -0.1) is 0 Å². The molecule has 1 aromatic carbocycles. The third-order valence-electron chi connectivity index (χ3n) is 7.08. The highest BCUT2D eigenvalue weighted by atomic mass is 16.5. The minimum Gasteiger partial charge on any atom is -0.473 e. The van der Waals surface area contributed by atoms with E-state index in [0.717, 1.165) is 28.0 Å². The topological polar surface area (TPSA) is 112 Å². The molecule has 2 amide bonds. The lowest BCUT2D eigenvalue weighted by Gasteiger charge is -2.37. The SMILES string of the molecule is C[C@@H](Oc1nc(-c2ccc3c(c2)N(C)C(=O)C32CNC2)cc2[nH]cnc12)[C@H]1CNC(=O)C1. The number of pyridine rings is 1. The number of hydrogen-bond acceptors (Lipinski definition) is 6. The van der Waals surface area contributed by atoms with E-state index in [0.29, 0.717) is 37.5 Å². The lowest BCUT2D eigenvalue weighted by atomic mass is 9.76. The third-order valence-corrected chi connectivity index (χ3v) is 7.08. The van der Waals surface area contributed by atoms with E-state index in [1.165, 1.54) is 0 Å². The highest BCUT2D eigenvalue weighted by molar-refractivity contribution is 6.09. The summed E-state index contributed by atoms with van der Waals surface area (Å²) in [4.78, 5) is 38.6. The van der Waals surface area contributed by atoms with Crippen LogP contribution in [0.2, 0.25) is 0 Å². The van der Waals surface area contributed by atoms with Crippen LogP contribution in [0, 0.1) is 5.92 Å². The number of fused-ring (bicyclic) bond motifs is 3. The van der Waals surface area contributed by atoms with Crippen LogP contribution in [0.15, 0.2) is 30.6 Å². The fourth-order valence-electron chi connectivity index (χ4n) is 5.01. The summed E-state index contributed by atoms with van der Waals surface area (Å²) >= 11 is 0. The minimum absolute atomic E-state index is 0.0494. The first-order chi connectivity index (χ1) is 15.5. The van der Waals surface area contributed by atoms with Crippen molar-refractivity contribution in [2.24, 2.45) is 5.92 Å². The van der Waals surface area contributed by atoms with Crippen LogP contribution in [-0.4, -0.2) is 59.6 Å². The Balaban J connectivity index is 1.38. The number of nitrogens with one attached hydrogen (secondary N) is 3. The highest BCUT2D eigenvalue weighted by Crippen LogP contribution is 2.45. The van der Waals surface area contributed by atoms with Crippen LogP contribution < -0.4 is 20.3 Å². The van der Waals surface area contributed by atoms with E-state index >= 15 is 0 Å². The molecule has 9 nitrogen and oxygen atoms in total. The average Bonchev–Trinajstić information content (AvgIpc) is 3.45. The first-order valence-corrected chi connectivity index (χ1v) is 10.9. The Kier molecular flexibility index (Phi) is 4.07. The van der Waals surface area contributed by atoms with Gasteiger partial charge in [0, 0.05) is 50.3 Å². The van der Waals surface area contributed by atoms with E-state index in [1.807, 2.05) is 38.2 Å². The molecule has 6 rings (SSSR count). The number of likely N-dealkylation sites (N-methyl/N-ethyl adjacent to an activating group) is 1. The molecule has 2 fully saturated rings. The summed E-state index contributed by atoms with van der Waals surface area (Å²) < 4.78 is 6.21. The Morgan fingerprint density at radius 2 is 2.09 bits per heavy atom. The van der Waals surface area contributed by atoms with Crippen molar-refractivity contribution in [3.63, 3.8) is 0 Å². The predicted molar refractivity (Wildman–Crippen MR) is 118 cm³/mol. The maximum absolute atomic E-state index is 12.9. The Morgan fingerprint density at radius 3 is 2.81 bits per heavy atom. The molecule has 164 valence electrons. The molecule has 3 aromatic rings. The number of rotatable bonds is 4. The number of aromatic amines is 1. The smallest absolute Gasteiger partial charge is 0.243 e. The number of hydrogen-bond donors (Lipinski definition) is 3. The number of benzene rings is 1. The van der Waals surface area contributed by atoms with Crippen molar-refractivity contribution in [2.45, 2.75) is 24.9 Å². The Morgan fingerprint density at radius 1 is 1.25 bits per heavy atom. The molecule has 3 N–H and O–H groups in total. The van der Waals surface area contributed by atoms with Crippen molar-refractivity contribution in [1.82, 2.24) is 25.6 Å². The fraction of sp³-hybridized carbons (Fsp3) is 0.391. The highest BCUT2D eigenvalue weighted by Gasteiger charge is 2.53. The molecule has 1 spiro atoms. The van der Waals surface area contributed by atoms with E-state index in [4.69, 9.17) is 9.72 Å². The van der Waals surface area contributed by atoms with Crippen LogP contribution in [0.4, 0.5) is 5.69 Å². The van der Waals surface area contributed by atoms with Gasteiger partial charge in [-0.2, -0.15) is 0 Å². The van der Waals surface area contributed by atoms with E-state index in [1.54, 1.807) is 11.2 Å². The van der Waals surface area contributed by atoms with Crippen LogP contribution in [0.3, 0.4) is 0 Å². The standard InChI is InChI=1S/C23H24N6O3/c1-12(14-6-19(30)25-8-14)32-21-20-17(26-11-27-20)7-16(28-21)13-3-4-15-18(5-13)29(2)22(31)23(15)9-24-10-23/h3-5,7,11-12,14,24H,6,8-10H2,1-2H3,(H,25,30)(H,26,27)/t12-,14-/m1/s1. The lowest BCUT2D eigenvalue weighted by molar-refractivity contribution is -0.124. The zero-order valence-corrected chi connectivity index (χ0v) is 17.9. The molecular weight excluding hydrogens is 408 g/mol. The van der Waals surface area contributed by atoms with Crippen LogP contribution in [0.5, 0.6) is 5.88 Å². The molecule has 2 saturated heterocycles. The molecule has 0 bridgehead atoms. The van der Waals surface area contributed by atoms with Crippen LogP contribution in [-0.2, 0) is 15.0 Å². The van der Waals surface area contributed by atoms with Crippen LogP contribution in [0.25, 0.3) is 22.3 Å². The Hall–Kier alpha value is -3.46. The number of carbonyl (C=O) groups excluding carboxylic acids is 2. The van der Waals surface area contributed by atoms with Gasteiger partial charge in [0.15, 0.2) is 5.52 Å². The largest absolute Gasteiger partial charge is 0.473 e. The Bertz CT molecular complexity index is 1260. The number of nitrogens with zero attached hydrogens (tertiary/aromatic N) is 3. The molecule has 32 heavy (non-hydrogen) atoms. The molecule has 0 aliphatic carbocycles. The maximum atomic E-state index is 12.9. The summed E-state index contributed by atoms with van der Waals surface area (Å²) in [7, 11) is 1.83. The fourth-order valence-corrected chi connectivity index (χ4v) is 5.01. The average molecular weight is 432 g/mol. The summed E-state index contributed by atoms with van der Waals surface area (Å²) in [6.45, 7) is 3.91. The maximum Gasteiger partial charge on any atom is 0.243 e. The monoisotopic (exact) mass is 432 g/mol. The molecule has 5 heterocycles. The van der Waals surface area contributed by atoms with Gasteiger partial charge in [0.25, 0.3) is 0 Å². The first-order valence-electron chi connectivity index (χ1n) is 10.9. The van der Waals surface area contributed by atoms with Crippen molar-refractivity contribution in [3.05, 3.63) is 36.2 Å². The molecule has 0 unspecified atom stereocenters. The van der Waals surface area contributed by atoms with E-state index in [2.05, 4.69) is 20.6 Å². The quantitative estimate of drug-likeness (QED) is 0.574. The molecular formula is C23H24N6O3. The van der Waals surface area contributed by atoms with E-state index < -0.39 is 5.41 Å². The second-order valence-electron chi connectivity index (χ2n) is 8.98. The number of H-pyrrole nitrogens is 1. The van der Waals surface area contributed by atoms with Gasteiger partial charge in [0.05, 0.1) is 17.5 Å². The molecule has 2 aromatic heterocycles. The van der Waals surface area contributed by atoms with Gasteiger partial charge in [-0.3, -0.25) is 9.59 Å². The van der Waals surface area contributed by atoms with Gasteiger partial charge in [-0.25, -0.2) is 9.97 Å². The van der Waals surface area contributed by atoms with Gasteiger partial charge >= 0.3 is 0 Å². The van der Waals surface area contributed by atoms with Gasteiger partial charge in [-0.1, -0.05) is 12.1 Å². The van der Waals surface area contributed by atoms with Crippen molar-refractivity contribution in [2.75, 3.05) is 31.6 Å². The van der Waals surface area contributed by atoms with Crippen molar-refractivity contribution < 1.29 is 14.3 Å². The predicted octanol–water partition coefficient (Wildman–Crippen LogP) is 1.35. The summed E-state index contributed by atoms with van der Waals surface area (Å²) in [6.07, 6.45) is 1.88. The molecule has 0 radical (unpaired) electrons. The summed E-state index contributed by atoms with van der Waals surface area (Å²) in [5, 5.41) is 6.09. The number of carbonyl (C=O) groups is 2. The third kappa shape index (κ3) is 2.67. The second-order valence-corrected chi connectivity index (χ2v) is 8.98. The normalized spacial score (nSPS) is 22.2. The van der Waals surface area contributed by atoms with E-state index in [9.17, 15) is 9.59 Å². The summed E-state index contributed by atoms with van der Waals surface area (Å²) in [5.74, 6) is 0.718. The van der Waals surface area contributed by atoms with Gasteiger partial charge in [-0.05, 0) is 24.6 Å². The summed E-state index contributed by atoms with van der Waals surface area (Å²) in [5.41, 5.74) is 4.68. The zero-order chi connectivity index (χ0) is 22.0. The number of ether oxygens (including phenoxy) is 1.